The molecule has 186 valence electrons. The zero-order valence-electron chi connectivity index (χ0n) is 21.5. The lowest BCUT2D eigenvalue weighted by Gasteiger charge is -2.36. The van der Waals surface area contributed by atoms with Crippen LogP contribution in [0.5, 0.6) is 0 Å². The molecule has 0 aliphatic rings. The monoisotopic (exact) mass is 483 g/mol. The molecule has 0 saturated heterocycles. The Morgan fingerprint density at radius 2 is 1.58 bits per heavy atom. The van der Waals surface area contributed by atoms with Gasteiger partial charge in [-0.15, -0.1) is 5.10 Å². The maximum atomic E-state index is 14.1. The molecule has 0 aliphatic heterocycles. The van der Waals surface area contributed by atoms with Gasteiger partial charge < -0.3 is 5.32 Å². The first kappa shape index (κ1) is 25.1. The second-order valence-electron chi connectivity index (χ2n) is 9.77. The number of nitrogens with zero attached hydrogens (tertiary/aromatic N) is 4. The molecule has 0 spiro atoms. The number of amides is 2. The van der Waals surface area contributed by atoms with Gasteiger partial charge in [0.15, 0.2) is 0 Å². The molecule has 0 bridgehead atoms. The number of aromatic nitrogens is 3. The van der Waals surface area contributed by atoms with Crippen molar-refractivity contribution in [2.75, 3.05) is 4.90 Å². The summed E-state index contributed by atoms with van der Waals surface area (Å²) in [4.78, 5) is 29.7. The molecule has 0 fully saturated rings. The van der Waals surface area contributed by atoms with Crippen LogP contribution in [0.3, 0.4) is 0 Å². The van der Waals surface area contributed by atoms with Crippen molar-refractivity contribution >= 4 is 28.5 Å². The minimum Gasteiger partial charge on any atom is -0.349 e. The van der Waals surface area contributed by atoms with Gasteiger partial charge in [0.05, 0.1) is 5.52 Å². The minimum absolute atomic E-state index is 0.0539. The zero-order valence-corrected chi connectivity index (χ0v) is 21.5. The van der Waals surface area contributed by atoms with Crippen LogP contribution in [-0.2, 0) is 16.1 Å². The van der Waals surface area contributed by atoms with Gasteiger partial charge in [-0.2, -0.15) is 0 Å². The van der Waals surface area contributed by atoms with Gasteiger partial charge in [-0.3, -0.25) is 14.5 Å². The van der Waals surface area contributed by atoms with Crippen molar-refractivity contribution in [3.63, 3.8) is 0 Å². The third kappa shape index (κ3) is 5.15. The fourth-order valence-electron chi connectivity index (χ4n) is 4.27. The van der Waals surface area contributed by atoms with E-state index in [1.54, 1.807) is 9.58 Å². The van der Waals surface area contributed by atoms with Crippen LogP contribution in [0.1, 0.15) is 49.9 Å². The predicted octanol–water partition coefficient (Wildman–Crippen LogP) is 5.13. The van der Waals surface area contributed by atoms with Crippen molar-refractivity contribution in [3.05, 3.63) is 89.5 Å². The van der Waals surface area contributed by atoms with Gasteiger partial charge in [0.25, 0.3) is 0 Å². The molecule has 0 saturated carbocycles. The Balaban J connectivity index is 1.85. The smallest absolute Gasteiger partial charge is 0.249 e. The number of hydrogen-bond donors (Lipinski definition) is 1. The normalized spacial score (nSPS) is 12.4. The van der Waals surface area contributed by atoms with E-state index in [2.05, 4.69) is 15.6 Å². The highest BCUT2D eigenvalue weighted by Crippen LogP contribution is 2.33. The molecule has 1 aromatic heterocycles. The number of fused-ring (bicyclic) bond motifs is 1. The highest BCUT2D eigenvalue weighted by molar-refractivity contribution is 6.02. The van der Waals surface area contributed by atoms with Crippen molar-refractivity contribution in [1.82, 2.24) is 20.3 Å². The number of aryl methyl sites for hydroxylation is 2. The molecular weight excluding hydrogens is 450 g/mol. The number of carbonyl (C=O) groups is 2. The first-order chi connectivity index (χ1) is 17.2. The highest BCUT2D eigenvalue weighted by Gasteiger charge is 2.36. The number of carbonyl (C=O) groups excluding carboxylic acids is 2. The van der Waals surface area contributed by atoms with Crippen molar-refractivity contribution in [3.8, 4) is 0 Å². The Morgan fingerprint density at radius 1 is 0.944 bits per heavy atom. The molecule has 0 unspecified atom stereocenters. The lowest BCUT2D eigenvalue weighted by Crippen LogP contribution is -2.51. The molecule has 4 rings (SSSR count). The summed E-state index contributed by atoms with van der Waals surface area (Å²) >= 11 is 0. The van der Waals surface area contributed by atoms with E-state index >= 15 is 0 Å². The van der Waals surface area contributed by atoms with E-state index in [1.165, 1.54) is 0 Å². The Labute approximate surface area is 212 Å². The van der Waals surface area contributed by atoms with E-state index < -0.39 is 11.6 Å². The molecule has 7 heteroatoms. The molecule has 1 heterocycles. The van der Waals surface area contributed by atoms with Gasteiger partial charge in [0.2, 0.25) is 11.8 Å². The Hall–Kier alpha value is -4.00. The second kappa shape index (κ2) is 10.3. The fraction of sp³-hybridized carbons (Fsp3) is 0.310. The van der Waals surface area contributed by atoms with Gasteiger partial charge in [0, 0.05) is 11.2 Å². The third-order valence-electron chi connectivity index (χ3n) is 6.68. The van der Waals surface area contributed by atoms with E-state index in [1.807, 2.05) is 107 Å². The maximum absolute atomic E-state index is 14.1. The maximum Gasteiger partial charge on any atom is 0.249 e. The largest absolute Gasteiger partial charge is 0.349 e. The number of nitrogens with one attached hydrogen (secondary N) is 1. The van der Waals surface area contributed by atoms with Crippen molar-refractivity contribution in [2.24, 2.45) is 0 Å². The lowest BCUT2D eigenvalue weighted by molar-refractivity contribution is -0.128. The summed E-state index contributed by atoms with van der Waals surface area (Å²) in [5.74, 6) is -0.478. The van der Waals surface area contributed by atoms with Crippen LogP contribution in [0.25, 0.3) is 11.0 Å². The van der Waals surface area contributed by atoms with Crippen LogP contribution in [0, 0.1) is 13.8 Å². The van der Waals surface area contributed by atoms with Gasteiger partial charge in [-0.05, 0) is 69.0 Å². The zero-order chi connectivity index (χ0) is 25.9. The summed E-state index contributed by atoms with van der Waals surface area (Å²) in [5.41, 5.74) is 4.34. The number of benzene rings is 3. The quantitative estimate of drug-likeness (QED) is 0.377. The topological polar surface area (TPSA) is 80.1 Å². The molecule has 36 heavy (non-hydrogen) atoms. The van der Waals surface area contributed by atoms with E-state index in [-0.39, 0.29) is 18.4 Å². The third-order valence-corrected chi connectivity index (χ3v) is 6.68. The first-order valence-corrected chi connectivity index (χ1v) is 12.3. The molecule has 0 radical (unpaired) electrons. The molecule has 1 N–H and O–H groups in total. The summed E-state index contributed by atoms with van der Waals surface area (Å²) in [5, 5.41) is 11.6. The SMILES string of the molecule is CCC(C)(C)NC(=O)[C@H](c1ccccc1C)N(C(=O)Cn1nnc2ccccc21)c1ccccc1C. The van der Waals surface area contributed by atoms with Crippen LogP contribution < -0.4 is 10.2 Å². The van der Waals surface area contributed by atoms with E-state index in [0.29, 0.717) is 11.2 Å². The average molecular weight is 484 g/mol. The van der Waals surface area contributed by atoms with Crippen LogP contribution >= 0.6 is 0 Å². The Morgan fingerprint density at radius 3 is 2.28 bits per heavy atom. The summed E-state index contributed by atoms with van der Waals surface area (Å²) in [6.45, 7) is 9.86. The van der Waals surface area contributed by atoms with E-state index in [9.17, 15) is 9.59 Å². The molecule has 2 amide bonds. The van der Waals surface area contributed by atoms with Gasteiger partial charge >= 0.3 is 0 Å². The standard InChI is InChI=1S/C29H33N5O2/c1-6-29(4,5)30-28(36)27(22-15-9-7-13-20(22)2)34(24-17-11-8-14-21(24)3)26(35)19-33-25-18-12-10-16-23(25)31-32-33/h7-18,27H,6,19H2,1-5H3,(H,30,36)/t27-/m0/s1. The van der Waals surface area contributed by atoms with Crippen molar-refractivity contribution in [1.29, 1.82) is 0 Å². The first-order valence-electron chi connectivity index (χ1n) is 12.3. The molecule has 7 nitrogen and oxygen atoms in total. The van der Waals surface area contributed by atoms with Crippen molar-refractivity contribution in [2.45, 2.75) is 59.2 Å². The van der Waals surface area contributed by atoms with Crippen LogP contribution in [0.15, 0.2) is 72.8 Å². The molecule has 0 aliphatic carbocycles. The number of anilines is 1. The van der Waals surface area contributed by atoms with Crippen LogP contribution in [-0.4, -0.2) is 32.3 Å². The predicted molar refractivity (Wildman–Crippen MR) is 143 cm³/mol. The van der Waals surface area contributed by atoms with E-state index in [4.69, 9.17) is 0 Å². The number of rotatable bonds is 8. The highest BCUT2D eigenvalue weighted by atomic mass is 16.2. The van der Waals surface area contributed by atoms with Crippen LogP contribution in [0.2, 0.25) is 0 Å². The molecule has 1 atom stereocenters. The Bertz CT molecular complexity index is 1390. The van der Waals surface area contributed by atoms with Crippen molar-refractivity contribution < 1.29 is 9.59 Å². The van der Waals surface area contributed by atoms with E-state index in [0.717, 1.165) is 28.6 Å². The Kier molecular flexibility index (Phi) is 7.20. The lowest BCUT2D eigenvalue weighted by atomic mass is 9.95. The van der Waals surface area contributed by atoms with Crippen LogP contribution in [0.4, 0.5) is 5.69 Å². The average Bonchev–Trinajstić information content (AvgIpc) is 3.26. The number of hydrogen-bond acceptors (Lipinski definition) is 4. The second-order valence-corrected chi connectivity index (χ2v) is 9.77. The summed E-state index contributed by atoms with van der Waals surface area (Å²) in [6, 6.07) is 22.0. The van der Waals surface area contributed by atoms with Gasteiger partial charge in [-0.25, -0.2) is 4.68 Å². The molecule has 4 aromatic rings. The summed E-state index contributed by atoms with van der Waals surface area (Å²) in [7, 11) is 0. The molecular formula is C29H33N5O2. The number of para-hydroxylation sites is 2. The fourth-order valence-corrected chi connectivity index (χ4v) is 4.27. The summed E-state index contributed by atoms with van der Waals surface area (Å²) in [6.07, 6.45) is 0.752. The van der Waals surface area contributed by atoms with Gasteiger partial charge in [-0.1, -0.05) is 66.7 Å². The van der Waals surface area contributed by atoms with Gasteiger partial charge in [0.1, 0.15) is 18.1 Å². The molecule has 3 aromatic carbocycles. The minimum atomic E-state index is -0.861. The summed E-state index contributed by atoms with van der Waals surface area (Å²) < 4.78 is 1.59.